The minimum atomic E-state index is 0.445. The number of nitrogens with zero attached hydrogens (tertiary/aromatic N) is 3. The summed E-state index contributed by atoms with van der Waals surface area (Å²) >= 11 is 0. The van der Waals surface area contributed by atoms with Crippen LogP contribution >= 0.6 is 0 Å². The van der Waals surface area contributed by atoms with Crippen LogP contribution in [0.5, 0.6) is 0 Å². The van der Waals surface area contributed by atoms with Crippen molar-refractivity contribution in [1.29, 1.82) is 0 Å². The highest BCUT2D eigenvalue weighted by Crippen LogP contribution is 2.19. The fourth-order valence-corrected chi connectivity index (χ4v) is 1.85. The van der Waals surface area contributed by atoms with Crippen LogP contribution in [0, 0.1) is 11.8 Å². The van der Waals surface area contributed by atoms with Gasteiger partial charge in [0.2, 0.25) is 0 Å². The largest absolute Gasteiger partial charge is 0.260 e. The van der Waals surface area contributed by atoms with Crippen molar-refractivity contribution in [2.24, 2.45) is 16.9 Å². The smallest absolute Gasteiger partial charge is 0.176 e. The summed E-state index contributed by atoms with van der Waals surface area (Å²) in [5, 5.41) is 14.4. The molecule has 2 rings (SSSR count). The monoisotopic (exact) mass is 256 g/mol. The maximum atomic E-state index is 4.28. The van der Waals surface area contributed by atoms with E-state index in [4.69, 9.17) is 0 Å². The highest BCUT2D eigenvalue weighted by Gasteiger charge is 2.07. The second kappa shape index (κ2) is 6.27. The second-order valence-electron chi connectivity index (χ2n) is 4.92. The number of aromatic nitrogens is 2. The molecule has 0 aliphatic carbocycles. The molecule has 0 radical (unpaired) electrons. The number of rotatable bonds is 5. The molecule has 2 atom stereocenters. The molecule has 1 aromatic heterocycles. The maximum absolute atomic E-state index is 4.28. The number of hydrogen-bond acceptors (Lipinski definition) is 4. The van der Waals surface area contributed by atoms with Crippen molar-refractivity contribution < 1.29 is 0 Å². The molecule has 100 valence electrons. The van der Waals surface area contributed by atoms with E-state index >= 15 is 0 Å². The average molecular weight is 256 g/mol. The molecular formula is C15H20N4. The molecule has 0 amide bonds. The van der Waals surface area contributed by atoms with Crippen molar-refractivity contribution in [1.82, 2.24) is 10.2 Å². The first-order chi connectivity index (χ1) is 9.22. The maximum Gasteiger partial charge on any atom is 0.176 e. The molecule has 4 nitrogen and oxygen atoms in total. The fourth-order valence-electron chi connectivity index (χ4n) is 1.85. The van der Waals surface area contributed by atoms with Crippen LogP contribution in [0.25, 0.3) is 10.8 Å². The van der Waals surface area contributed by atoms with E-state index in [1.165, 1.54) is 0 Å². The Kier molecular flexibility index (Phi) is 4.44. The third kappa shape index (κ3) is 3.28. The molecule has 0 aliphatic heterocycles. The Hall–Kier alpha value is -1.97. The molecule has 1 aromatic carbocycles. The van der Waals surface area contributed by atoms with Crippen LogP contribution in [0.2, 0.25) is 0 Å². The van der Waals surface area contributed by atoms with Gasteiger partial charge < -0.3 is 0 Å². The van der Waals surface area contributed by atoms with Gasteiger partial charge in [-0.25, -0.2) is 0 Å². The first-order valence-corrected chi connectivity index (χ1v) is 6.72. The normalized spacial score (nSPS) is 14.7. The summed E-state index contributed by atoms with van der Waals surface area (Å²) in [5.41, 5.74) is 2.99. The van der Waals surface area contributed by atoms with Crippen LogP contribution in [0.1, 0.15) is 27.2 Å². The van der Waals surface area contributed by atoms with Crippen molar-refractivity contribution in [2.75, 3.05) is 5.43 Å². The van der Waals surface area contributed by atoms with Gasteiger partial charge in [-0.3, -0.25) is 5.43 Å². The summed E-state index contributed by atoms with van der Waals surface area (Å²) in [5.74, 6) is 1.77. The Bertz CT molecular complexity index is 560. The first kappa shape index (κ1) is 13.5. The molecule has 19 heavy (non-hydrogen) atoms. The van der Waals surface area contributed by atoms with Gasteiger partial charge in [0.1, 0.15) is 0 Å². The van der Waals surface area contributed by atoms with Gasteiger partial charge in [0, 0.05) is 17.0 Å². The van der Waals surface area contributed by atoms with Gasteiger partial charge in [-0.1, -0.05) is 51.5 Å². The Morgan fingerprint density at radius 1 is 1.32 bits per heavy atom. The van der Waals surface area contributed by atoms with Gasteiger partial charge in [-0.2, -0.15) is 10.2 Å². The van der Waals surface area contributed by atoms with Crippen LogP contribution in [-0.2, 0) is 0 Å². The molecule has 0 fully saturated rings. The molecule has 4 heteroatoms. The predicted molar refractivity (Wildman–Crippen MR) is 80.3 cm³/mol. The molecule has 1 heterocycles. The quantitative estimate of drug-likeness (QED) is 0.655. The molecule has 2 unspecified atom stereocenters. The number of nitrogens with one attached hydrogen (secondary N) is 1. The lowest BCUT2D eigenvalue weighted by Gasteiger charge is -2.12. The predicted octanol–water partition coefficient (Wildman–Crippen LogP) is 3.71. The minimum Gasteiger partial charge on any atom is -0.260 e. The van der Waals surface area contributed by atoms with Crippen molar-refractivity contribution >= 4 is 22.8 Å². The Balaban J connectivity index is 2.12. The zero-order chi connectivity index (χ0) is 13.7. The number of hydrogen-bond donors (Lipinski definition) is 1. The topological polar surface area (TPSA) is 50.2 Å². The van der Waals surface area contributed by atoms with Crippen molar-refractivity contribution in [3.05, 3.63) is 30.5 Å². The van der Waals surface area contributed by atoms with Crippen molar-refractivity contribution in [3.63, 3.8) is 0 Å². The van der Waals surface area contributed by atoms with Gasteiger partial charge in [0.05, 0.1) is 6.20 Å². The van der Waals surface area contributed by atoms with Crippen LogP contribution in [-0.4, -0.2) is 16.4 Å². The molecule has 0 aliphatic rings. The van der Waals surface area contributed by atoms with E-state index in [0.717, 1.165) is 17.2 Å². The summed E-state index contributed by atoms with van der Waals surface area (Å²) in [4.78, 5) is 0. The van der Waals surface area contributed by atoms with E-state index in [0.29, 0.717) is 17.7 Å². The van der Waals surface area contributed by atoms with E-state index < -0.39 is 0 Å². The standard InChI is InChI=1S/C15H20N4/c1-4-11(2)12(3)9-16-18-15-14-8-6-5-7-13(14)10-17-19-15/h5-12H,4H2,1-3H3,(H,18,19)/b16-9-. The molecule has 0 bridgehead atoms. The number of anilines is 1. The Morgan fingerprint density at radius 3 is 2.89 bits per heavy atom. The Morgan fingerprint density at radius 2 is 2.11 bits per heavy atom. The average Bonchev–Trinajstić information content (AvgIpc) is 2.46. The zero-order valence-corrected chi connectivity index (χ0v) is 11.7. The molecular weight excluding hydrogens is 236 g/mol. The van der Waals surface area contributed by atoms with Crippen LogP contribution in [0.3, 0.4) is 0 Å². The van der Waals surface area contributed by atoms with Crippen LogP contribution in [0.15, 0.2) is 35.6 Å². The number of hydrazone groups is 1. The highest BCUT2D eigenvalue weighted by atomic mass is 15.3. The van der Waals surface area contributed by atoms with Gasteiger partial charge in [0.15, 0.2) is 5.82 Å². The lowest BCUT2D eigenvalue weighted by Crippen LogP contribution is -2.09. The van der Waals surface area contributed by atoms with Crippen molar-refractivity contribution in [2.45, 2.75) is 27.2 Å². The fraction of sp³-hybridized carbons (Fsp3) is 0.400. The van der Waals surface area contributed by atoms with Gasteiger partial charge in [0.25, 0.3) is 0 Å². The SMILES string of the molecule is CCC(C)C(C)/C=N\Nc1nncc2ccccc12. The Labute approximate surface area is 113 Å². The van der Waals surface area contributed by atoms with Gasteiger partial charge in [-0.15, -0.1) is 5.10 Å². The minimum absolute atomic E-state index is 0.445. The summed E-state index contributed by atoms with van der Waals surface area (Å²) in [6, 6.07) is 8.00. The molecule has 0 saturated carbocycles. The van der Waals surface area contributed by atoms with Crippen LogP contribution < -0.4 is 5.43 Å². The number of fused-ring (bicyclic) bond motifs is 1. The first-order valence-electron chi connectivity index (χ1n) is 6.72. The van der Waals surface area contributed by atoms with E-state index in [-0.39, 0.29) is 0 Å². The van der Waals surface area contributed by atoms with Gasteiger partial charge >= 0.3 is 0 Å². The molecule has 1 N–H and O–H groups in total. The molecule has 0 spiro atoms. The van der Waals surface area contributed by atoms with Crippen molar-refractivity contribution in [3.8, 4) is 0 Å². The van der Waals surface area contributed by atoms with E-state index in [1.54, 1.807) is 6.20 Å². The molecule has 0 saturated heterocycles. The third-order valence-corrected chi connectivity index (χ3v) is 3.59. The van der Waals surface area contributed by atoms with E-state index in [1.807, 2.05) is 30.5 Å². The van der Waals surface area contributed by atoms with Gasteiger partial charge in [-0.05, 0) is 11.8 Å². The summed E-state index contributed by atoms with van der Waals surface area (Å²) < 4.78 is 0. The highest BCUT2D eigenvalue weighted by molar-refractivity contribution is 5.90. The molecule has 2 aromatic rings. The lowest BCUT2D eigenvalue weighted by atomic mass is 9.95. The third-order valence-electron chi connectivity index (χ3n) is 3.59. The summed E-state index contributed by atoms with van der Waals surface area (Å²) in [6.45, 7) is 6.60. The summed E-state index contributed by atoms with van der Waals surface area (Å²) in [6.07, 6.45) is 4.85. The summed E-state index contributed by atoms with van der Waals surface area (Å²) in [7, 11) is 0. The second-order valence-corrected chi connectivity index (χ2v) is 4.92. The lowest BCUT2D eigenvalue weighted by molar-refractivity contribution is 0.475. The number of benzene rings is 1. The van der Waals surface area contributed by atoms with E-state index in [9.17, 15) is 0 Å². The van der Waals surface area contributed by atoms with Crippen LogP contribution in [0.4, 0.5) is 5.82 Å². The van der Waals surface area contributed by atoms with E-state index in [2.05, 4.69) is 41.5 Å². The zero-order valence-electron chi connectivity index (χ0n) is 11.7.